The molecule has 0 aromatic carbocycles. The van der Waals surface area contributed by atoms with E-state index in [0.717, 1.165) is 13.0 Å². The SMILES string of the molecule is COC(=O)NC1CCN(c2cc(=O)[nH]c(C)n2)C1. The zero-order chi connectivity index (χ0) is 13.1. The van der Waals surface area contributed by atoms with Crippen LogP contribution in [0.1, 0.15) is 12.2 Å². The Morgan fingerprint density at radius 2 is 2.44 bits per heavy atom. The predicted octanol–water partition coefficient (Wildman–Crippen LogP) is 0.0130. The largest absolute Gasteiger partial charge is 0.453 e. The van der Waals surface area contributed by atoms with Crippen LogP contribution in [0.2, 0.25) is 0 Å². The third-order valence-electron chi connectivity index (χ3n) is 2.87. The fourth-order valence-electron chi connectivity index (χ4n) is 2.04. The molecule has 2 rings (SSSR count). The predicted molar refractivity (Wildman–Crippen MR) is 65.8 cm³/mol. The molecule has 7 nitrogen and oxygen atoms in total. The van der Waals surface area contributed by atoms with Gasteiger partial charge in [0.05, 0.1) is 13.2 Å². The van der Waals surface area contributed by atoms with E-state index in [1.54, 1.807) is 6.92 Å². The normalized spacial score (nSPS) is 18.8. The van der Waals surface area contributed by atoms with Crippen LogP contribution < -0.4 is 15.8 Å². The van der Waals surface area contributed by atoms with Crippen LogP contribution in [-0.4, -0.2) is 42.3 Å². The zero-order valence-electron chi connectivity index (χ0n) is 10.4. The molecule has 1 fully saturated rings. The molecule has 0 saturated carbocycles. The average Bonchev–Trinajstić information content (AvgIpc) is 2.76. The summed E-state index contributed by atoms with van der Waals surface area (Å²) in [6.07, 6.45) is 0.375. The van der Waals surface area contributed by atoms with Crippen LogP contribution in [0.25, 0.3) is 0 Å². The summed E-state index contributed by atoms with van der Waals surface area (Å²) in [5, 5.41) is 2.74. The van der Waals surface area contributed by atoms with Crippen molar-refractivity contribution in [3.05, 3.63) is 22.2 Å². The smallest absolute Gasteiger partial charge is 0.407 e. The summed E-state index contributed by atoms with van der Waals surface area (Å²) in [5.41, 5.74) is -0.165. The molecule has 1 aromatic heterocycles. The Hall–Kier alpha value is -2.05. The molecule has 1 amide bonds. The third-order valence-corrected chi connectivity index (χ3v) is 2.87. The molecule has 2 N–H and O–H groups in total. The van der Waals surface area contributed by atoms with Gasteiger partial charge in [-0.2, -0.15) is 0 Å². The number of aryl methyl sites for hydroxylation is 1. The van der Waals surface area contributed by atoms with E-state index in [1.165, 1.54) is 13.2 Å². The molecular formula is C11H16N4O3. The summed E-state index contributed by atoms with van der Waals surface area (Å²) in [5.74, 6) is 1.23. The van der Waals surface area contributed by atoms with Gasteiger partial charge in [-0.25, -0.2) is 9.78 Å². The van der Waals surface area contributed by atoms with E-state index in [0.29, 0.717) is 18.2 Å². The highest BCUT2D eigenvalue weighted by molar-refractivity contribution is 5.67. The number of methoxy groups -OCH3 is 1. The van der Waals surface area contributed by atoms with Crippen LogP contribution in [-0.2, 0) is 4.74 Å². The van der Waals surface area contributed by atoms with Crippen molar-refractivity contribution in [1.29, 1.82) is 0 Å². The first kappa shape index (κ1) is 12.4. The summed E-state index contributed by atoms with van der Waals surface area (Å²) < 4.78 is 4.55. The highest BCUT2D eigenvalue weighted by Crippen LogP contribution is 2.16. The fraction of sp³-hybridized carbons (Fsp3) is 0.545. The van der Waals surface area contributed by atoms with Crippen LogP contribution in [0, 0.1) is 6.92 Å². The number of ether oxygens (including phenoxy) is 1. The number of carbonyl (C=O) groups is 1. The molecule has 1 unspecified atom stereocenters. The number of H-pyrrole nitrogens is 1. The van der Waals surface area contributed by atoms with Gasteiger partial charge in [-0.3, -0.25) is 4.79 Å². The summed E-state index contributed by atoms with van der Waals surface area (Å²) in [4.78, 5) is 31.3. The van der Waals surface area contributed by atoms with E-state index in [1.807, 2.05) is 4.90 Å². The fourth-order valence-corrected chi connectivity index (χ4v) is 2.04. The first-order valence-corrected chi connectivity index (χ1v) is 5.76. The van der Waals surface area contributed by atoms with E-state index in [-0.39, 0.29) is 11.6 Å². The molecule has 1 aromatic rings. The van der Waals surface area contributed by atoms with Gasteiger partial charge < -0.3 is 19.9 Å². The van der Waals surface area contributed by atoms with Crippen LogP contribution in [0.4, 0.5) is 10.6 Å². The Balaban J connectivity index is 2.04. The number of rotatable bonds is 2. The van der Waals surface area contributed by atoms with Crippen LogP contribution >= 0.6 is 0 Å². The number of carbonyl (C=O) groups excluding carboxylic acids is 1. The minimum absolute atomic E-state index is 0.0267. The van der Waals surface area contributed by atoms with Crippen molar-refractivity contribution in [3.8, 4) is 0 Å². The van der Waals surface area contributed by atoms with Gasteiger partial charge in [-0.15, -0.1) is 0 Å². The number of aromatic nitrogens is 2. The second-order valence-electron chi connectivity index (χ2n) is 4.26. The number of amides is 1. The van der Waals surface area contributed by atoms with Crippen LogP contribution in [0.5, 0.6) is 0 Å². The number of nitrogens with one attached hydrogen (secondary N) is 2. The Morgan fingerprint density at radius 1 is 1.67 bits per heavy atom. The minimum atomic E-state index is -0.433. The quantitative estimate of drug-likeness (QED) is 0.774. The molecule has 7 heteroatoms. The van der Waals surface area contributed by atoms with E-state index < -0.39 is 6.09 Å². The van der Waals surface area contributed by atoms with E-state index >= 15 is 0 Å². The molecule has 0 spiro atoms. The van der Waals surface area contributed by atoms with Crippen molar-refractivity contribution >= 4 is 11.9 Å². The Morgan fingerprint density at radius 3 is 3.11 bits per heavy atom. The van der Waals surface area contributed by atoms with E-state index in [9.17, 15) is 9.59 Å². The topological polar surface area (TPSA) is 87.3 Å². The van der Waals surface area contributed by atoms with Gasteiger partial charge >= 0.3 is 6.09 Å². The molecule has 2 heterocycles. The molecule has 0 aliphatic carbocycles. The highest BCUT2D eigenvalue weighted by atomic mass is 16.5. The first-order chi connectivity index (χ1) is 8.58. The maximum Gasteiger partial charge on any atom is 0.407 e. The monoisotopic (exact) mass is 252 g/mol. The number of hydrogen-bond acceptors (Lipinski definition) is 5. The maximum absolute atomic E-state index is 11.4. The lowest BCUT2D eigenvalue weighted by Crippen LogP contribution is -2.37. The van der Waals surface area contributed by atoms with Gasteiger partial charge in [0.2, 0.25) is 0 Å². The van der Waals surface area contributed by atoms with Gasteiger partial charge in [0, 0.05) is 19.2 Å². The van der Waals surface area contributed by atoms with Gasteiger partial charge in [0.15, 0.2) is 0 Å². The molecule has 98 valence electrons. The Bertz CT molecular complexity index is 499. The lowest BCUT2D eigenvalue weighted by molar-refractivity contribution is 0.167. The summed E-state index contributed by atoms with van der Waals surface area (Å²) >= 11 is 0. The third kappa shape index (κ3) is 2.79. The first-order valence-electron chi connectivity index (χ1n) is 5.76. The molecule has 1 aliphatic rings. The van der Waals surface area contributed by atoms with Gasteiger partial charge in [0.1, 0.15) is 11.6 Å². The van der Waals surface area contributed by atoms with Gasteiger partial charge in [-0.05, 0) is 13.3 Å². The van der Waals surface area contributed by atoms with E-state index in [4.69, 9.17) is 0 Å². The standard InChI is InChI=1S/C11H16N4O3/c1-7-12-9(5-10(16)13-7)15-4-3-8(6-15)14-11(17)18-2/h5,8H,3-4,6H2,1-2H3,(H,14,17)(H,12,13,16). The molecule has 0 radical (unpaired) electrons. The van der Waals surface area contributed by atoms with Crippen molar-refractivity contribution in [3.63, 3.8) is 0 Å². The van der Waals surface area contributed by atoms with Gasteiger partial charge in [-0.1, -0.05) is 0 Å². The second kappa shape index (κ2) is 5.07. The highest BCUT2D eigenvalue weighted by Gasteiger charge is 2.25. The van der Waals surface area contributed by atoms with Gasteiger partial charge in [0.25, 0.3) is 5.56 Å². The lowest BCUT2D eigenvalue weighted by atomic mass is 10.3. The van der Waals surface area contributed by atoms with Crippen molar-refractivity contribution in [1.82, 2.24) is 15.3 Å². The molecule has 1 saturated heterocycles. The molecule has 1 aliphatic heterocycles. The van der Waals surface area contributed by atoms with Crippen molar-refractivity contribution in [2.45, 2.75) is 19.4 Å². The summed E-state index contributed by atoms with van der Waals surface area (Å²) in [7, 11) is 1.34. The maximum atomic E-state index is 11.4. The van der Waals surface area contributed by atoms with Crippen LogP contribution in [0.15, 0.2) is 10.9 Å². The van der Waals surface area contributed by atoms with Crippen molar-refractivity contribution in [2.24, 2.45) is 0 Å². The van der Waals surface area contributed by atoms with E-state index in [2.05, 4.69) is 20.0 Å². The number of aromatic amines is 1. The molecule has 1 atom stereocenters. The number of anilines is 1. The molecule has 0 bridgehead atoms. The van der Waals surface area contributed by atoms with Crippen molar-refractivity contribution < 1.29 is 9.53 Å². The zero-order valence-corrected chi connectivity index (χ0v) is 10.4. The Kier molecular flexibility index (Phi) is 3.50. The number of hydrogen-bond donors (Lipinski definition) is 2. The summed E-state index contributed by atoms with van der Waals surface area (Å²) in [6, 6.07) is 1.49. The lowest BCUT2D eigenvalue weighted by Gasteiger charge is -2.17. The molecular weight excluding hydrogens is 236 g/mol. The average molecular weight is 252 g/mol. The second-order valence-corrected chi connectivity index (χ2v) is 4.26. The molecule has 18 heavy (non-hydrogen) atoms. The number of nitrogens with zero attached hydrogens (tertiary/aromatic N) is 2. The Labute approximate surface area is 104 Å². The minimum Gasteiger partial charge on any atom is -0.453 e. The number of alkyl carbamates (subject to hydrolysis) is 1. The summed E-state index contributed by atoms with van der Waals surface area (Å²) in [6.45, 7) is 3.13. The van der Waals surface area contributed by atoms with Crippen LogP contribution in [0.3, 0.4) is 0 Å². The van der Waals surface area contributed by atoms with Crippen molar-refractivity contribution in [2.75, 3.05) is 25.1 Å².